The van der Waals surface area contributed by atoms with E-state index in [4.69, 9.17) is 0 Å². The van der Waals surface area contributed by atoms with Crippen molar-refractivity contribution in [2.24, 2.45) is 0 Å². The number of aromatic nitrogens is 2. The molecule has 1 aromatic heterocycles. The van der Waals surface area contributed by atoms with Gasteiger partial charge in [-0.2, -0.15) is 26.3 Å². The van der Waals surface area contributed by atoms with E-state index in [2.05, 4.69) is 4.98 Å². The highest BCUT2D eigenvalue weighted by Gasteiger charge is 2.38. The highest BCUT2D eigenvalue weighted by Crippen LogP contribution is 2.45. The molecule has 26 heavy (non-hydrogen) atoms. The number of hydrogen-bond acceptors (Lipinski definition) is 2. The van der Waals surface area contributed by atoms with E-state index in [9.17, 15) is 26.3 Å². The molecule has 0 saturated carbocycles. The number of para-hydroxylation sites is 2. The standard InChI is InChI=1S/C17H10F6N2S/c18-16(19,20)10-5-9(6-11(7-10)17(21,22)23)15-25-13-4-2-1-3-12(13)24-14(25)8-26-15/h1-7,15H,8H2/t15-/m1/s1. The Labute approximate surface area is 147 Å². The van der Waals surface area contributed by atoms with Gasteiger partial charge in [-0.05, 0) is 35.9 Å². The third-order valence-electron chi connectivity index (χ3n) is 4.17. The number of halogens is 6. The van der Waals surface area contributed by atoms with E-state index in [0.717, 1.165) is 12.1 Å². The van der Waals surface area contributed by atoms with E-state index in [-0.39, 0.29) is 11.6 Å². The lowest BCUT2D eigenvalue weighted by Gasteiger charge is -2.19. The molecule has 0 spiro atoms. The van der Waals surface area contributed by atoms with Crippen molar-refractivity contribution in [3.8, 4) is 0 Å². The van der Waals surface area contributed by atoms with Crippen LogP contribution in [0.5, 0.6) is 0 Å². The Morgan fingerprint density at radius 3 is 2.15 bits per heavy atom. The Morgan fingerprint density at radius 2 is 1.54 bits per heavy atom. The van der Waals surface area contributed by atoms with Gasteiger partial charge >= 0.3 is 12.4 Å². The number of rotatable bonds is 1. The van der Waals surface area contributed by atoms with Crippen molar-refractivity contribution >= 4 is 22.8 Å². The second-order valence-corrected chi connectivity index (χ2v) is 6.96. The zero-order valence-electron chi connectivity index (χ0n) is 12.9. The van der Waals surface area contributed by atoms with Crippen molar-refractivity contribution in [3.63, 3.8) is 0 Å². The number of nitrogens with zero attached hydrogens (tertiary/aromatic N) is 2. The molecule has 2 heterocycles. The maximum absolute atomic E-state index is 13.1. The van der Waals surface area contributed by atoms with Gasteiger partial charge in [0.15, 0.2) is 0 Å². The molecule has 9 heteroatoms. The van der Waals surface area contributed by atoms with Crippen LogP contribution < -0.4 is 0 Å². The van der Waals surface area contributed by atoms with Crippen LogP contribution in [0, 0.1) is 0 Å². The summed E-state index contributed by atoms with van der Waals surface area (Å²) >= 11 is 1.25. The molecule has 1 aliphatic heterocycles. The smallest absolute Gasteiger partial charge is 0.310 e. The number of alkyl halides is 6. The lowest BCUT2D eigenvalue weighted by Crippen LogP contribution is -2.13. The van der Waals surface area contributed by atoms with Gasteiger partial charge < -0.3 is 4.57 Å². The topological polar surface area (TPSA) is 17.8 Å². The predicted octanol–water partition coefficient (Wildman–Crippen LogP) is 5.87. The highest BCUT2D eigenvalue weighted by atomic mass is 32.2. The number of imidazole rings is 1. The molecule has 0 N–H and O–H groups in total. The fraction of sp³-hybridized carbons (Fsp3) is 0.235. The van der Waals surface area contributed by atoms with Crippen LogP contribution in [-0.4, -0.2) is 9.55 Å². The van der Waals surface area contributed by atoms with Crippen molar-refractivity contribution in [2.75, 3.05) is 0 Å². The molecular formula is C17H10F6N2S. The summed E-state index contributed by atoms with van der Waals surface area (Å²) in [6, 6.07) is 8.77. The molecule has 0 amide bonds. The highest BCUT2D eigenvalue weighted by molar-refractivity contribution is 7.99. The molecule has 0 bridgehead atoms. The van der Waals surface area contributed by atoms with E-state index in [1.807, 2.05) is 0 Å². The molecule has 1 atom stereocenters. The number of fused-ring (bicyclic) bond motifs is 3. The lowest BCUT2D eigenvalue weighted by molar-refractivity contribution is -0.143. The minimum absolute atomic E-state index is 0.0425. The van der Waals surface area contributed by atoms with Crippen LogP contribution in [0.15, 0.2) is 42.5 Å². The van der Waals surface area contributed by atoms with Crippen molar-refractivity contribution < 1.29 is 26.3 Å². The van der Waals surface area contributed by atoms with Gasteiger partial charge in [-0.25, -0.2) is 4.98 Å². The van der Waals surface area contributed by atoms with Crippen molar-refractivity contribution in [3.05, 3.63) is 65.0 Å². The quantitative estimate of drug-likeness (QED) is 0.486. The van der Waals surface area contributed by atoms with Gasteiger partial charge in [0.1, 0.15) is 11.2 Å². The Bertz CT molecular complexity index is 957. The first-order valence-electron chi connectivity index (χ1n) is 7.51. The summed E-state index contributed by atoms with van der Waals surface area (Å²) in [6.45, 7) is 0. The largest absolute Gasteiger partial charge is 0.416 e. The SMILES string of the molecule is FC(F)(F)c1cc([C@H]2SCc3nc4ccccc4n32)cc(C(F)(F)F)c1. The van der Waals surface area contributed by atoms with Gasteiger partial charge in [0.25, 0.3) is 0 Å². The monoisotopic (exact) mass is 388 g/mol. The molecule has 0 saturated heterocycles. The molecule has 2 nitrogen and oxygen atoms in total. The van der Waals surface area contributed by atoms with Crippen LogP contribution in [0.2, 0.25) is 0 Å². The molecule has 1 aliphatic rings. The normalized spacial score (nSPS) is 17.7. The van der Waals surface area contributed by atoms with E-state index >= 15 is 0 Å². The second kappa shape index (κ2) is 5.67. The average Bonchev–Trinajstić information content (AvgIpc) is 3.11. The summed E-state index contributed by atoms with van der Waals surface area (Å²) in [7, 11) is 0. The van der Waals surface area contributed by atoms with E-state index < -0.39 is 28.9 Å². The van der Waals surface area contributed by atoms with E-state index in [0.29, 0.717) is 22.6 Å². The Kier molecular flexibility index (Phi) is 3.76. The third kappa shape index (κ3) is 2.84. The molecule has 4 rings (SSSR count). The summed E-state index contributed by atoms with van der Waals surface area (Å²) in [5.74, 6) is 1.05. The van der Waals surface area contributed by atoms with E-state index in [1.165, 1.54) is 11.8 Å². The predicted molar refractivity (Wildman–Crippen MR) is 85.6 cm³/mol. The Balaban J connectivity index is 1.90. The van der Waals surface area contributed by atoms with Crippen LogP contribution in [-0.2, 0) is 18.1 Å². The van der Waals surface area contributed by atoms with Crippen LogP contribution in [0.1, 0.15) is 27.9 Å². The summed E-state index contributed by atoms with van der Waals surface area (Å²) in [5, 5.41) is -0.694. The zero-order chi connectivity index (χ0) is 18.7. The zero-order valence-corrected chi connectivity index (χ0v) is 13.7. The van der Waals surface area contributed by atoms with Crippen molar-refractivity contribution in [2.45, 2.75) is 23.5 Å². The molecule has 3 aromatic rings. The molecule has 136 valence electrons. The minimum Gasteiger partial charge on any atom is -0.310 e. The maximum Gasteiger partial charge on any atom is 0.416 e. The van der Waals surface area contributed by atoms with Crippen molar-refractivity contribution in [1.82, 2.24) is 9.55 Å². The van der Waals surface area contributed by atoms with Crippen LogP contribution in [0.4, 0.5) is 26.3 Å². The number of thioether (sulfide) groups is 1. The molecule has 0 fully saturated rings. The van der Waals surface area contributed by atoms with Crippen molar-refractivity contribution in [1.29, 1.82) is 0 Å². The van der Waals surface area contributed by atoms with E-state index in [1.54, 1.807) is 28.8 Å². The summed E-state index contributed by atoms with van der Waals surface area (Å²) in [5.41, 5.74) is -1.31. The van der Waals surface area contributed by atoms with Gasteiger partial charge in [-0.15, -0.1) is 11.8 Å². The Morgan fingerprint density at radius 1 is 0.923 bits per heavy atom. The Hall–Kier alpha value is -2.16. The van der Waals surface area contributed by atoms with Gasteiger partial charge in [-0.1, -0.05) is 12.1 Å². The first kappa shape index (κ1) is 17.3. The van der Waals surface area contributed by atoms with Gasteiger partial charge in [0, 0.05) is 0 Å². The summed E-state index contributed by atoms with van der Waals surface area (Å²) < 4.78 is 80.4. The maximum atomic E-state index is 13.1. The van der Waals surface area contributed by atoms with Crippen LogP contribution in [0.25, 0.3) is 11.0 Å². The minimum atomic E-state index is -4.86. The first-order valence-corrected chi connectivity index (χ1v) is 8.56. The fourth-order valence-electron chi connectivity index (χ4n) is 3.05. The number of hydrogen-bond donors (Lipinski definition) is 0. The molecular weight excluding hydrogens is 378 g/mol. The summed E-state index contributed by atoms with van der Waals surface area (Å²) in [6.07, 6.45) is -9.72. The third-order valence-corrected chi connectivity index (χ3v) is 5.39. The second-order valence-electron chi connectivity index (χ2n) is 5.89. The van der Waals surface area contributed by atoms with Gasteiger partial charge in [0.05, 0.1) is 27.9 Å². The fourth-order valence-corrected chi connectivity index (χ4v) is 4.28. The summed E-state index contributed by atoms with van der Waals surface area (Å²) in [4.78, 5) is 4.41. The first-order chi connectivity index (χ1) is 12.1. The number of benzene rings is 2. The van der Waals surface area contributed by atoms with Crippen LogP contribution >= 0.6 is 11.8 Å². The average molecular weight is 388 g/mol. The molecule has 2 aromatic carbocycles. The molecule has 0 aliphatic carbocycles. The molecule has 0 radical (unpaired) electrons. The molecule has 0 unspecified atom stereocenters. The lowest BCUT2D eigenvalue weighted by atomic mass is 10.0. The van der Waals surface area contributed by atoms with Crippen LogP contribution in [0.3, 0.4) is 0 Å². The van der Waals surface area contributed by atoms with Gasteiger partial charge in [-0.3, -0.25) is 0 Å². The van der Waals surface area contributed by atoms with Gasteiger partial charge in [0.2, 0.25) is 0 Å².